The third kappa shape index (κ3) is 4.26. The fraction of sp³-hybridized carbons (Fsp3) is 0.750. The summed E-state index contributed by atoms with van der Waals surface area (Å²) < 4.78 is -0.615. The zero-order valence-electron chi connectivity index (χ0n) is 8.35. The maximum absolute atomic E-state index is 11.5. The Hall–Kier alpha value is -0.580. The van der Waals surface area contributed by atoms with Crippen molar-refractivity contribution in [3.8, 4) is 0 Å². The van der Waals surface area contributed by atoms with Crippen LogP contribution in [0.15, 0.2) is 0 Å². The second-order valence-corrected chi connectivity index (χ2v) is 5.29. The molecule has 0 rings (SSSR count). The highest BCUT2D eigenvalue weighted by Gasteiger charge is 2.27. The molecule has 0 fully saturated rings. The van der Waals surface area contributed by atoms with Crippen molar-refractivity contribution in [3.05, 3.63) is 0 Å². The summed E-state index contributed by atoms with van der Waals surface area (Å²) in [6.45, 7) is 3.58. The van der Waals surface area contributed by atoms with Crippen LogP contribution in [0.2, 0.25) is 0 Å². The molecular weight excluding hydrogens is 236 g/mol. The van der Waals surface area contributed by atoms with E-state index in [2.05, 4.69) is 21.2 Å². The van der Waals surface area contributed by atoms with Crippen LogP contribution >= 0.6 is 15.9 Å². The lowest BCUT2D eigenvalue weighted by Gasteiger charge is -2.23. The van der Waals surface area contributed by atoms with Crippen molar-refractivity contribution in [2.24, 2.45) is 0 Å². The highest BCUT2D eigenvalue weighted by molar-refractivity contribution is 9.10. The molecule has 0 atom stereocenters. The van der Waals surface area contributed by atoms with E-state index in [1.54, 1.807) is 27.9 Å². The molecule has 0 aromatic carbocycles. The van der Waals surface area contributed by atoms with Crippen LogP contribution in [0.4, 0.5) is 0 Å². The third-order valence-corrected chi connectivity index (χ3v) is 1.85. The van der Waals surface area contributed by atoms with Crippen LogP contribution in [0.25, 0.3) is 0 Å². The normalized spacial score (nSPS) is 10.8. The van der Waals surface area contributed by atoms with Crippen molar-refractivity contribution in [1.82, 2.24) is 10.2 Å². The lowest BCUT2D eigenvalue weighted by atomic mass is 10.2. The summed E-state index contributed by atoms with van der Waals surface area (Å²) >= 11 is 3.23. The number of nitrogens with zero attached hydrogens (tertiary/aromatic N) is 1. The predicted octanol–water partition coefficient (Wildman–Crippen LogP) is 0.364. The molecule has 76 valence electrons. The average Bonchev–Trinajstić information content (AvgIpc) is 2.01. The minimum Gasteiger partial charge on any atom is -0.358 e. The van der Waals surface area contributed by atoms with Crippen LogP contribution in [-0.4, -0.2) is 41.7 Å². The van der Waals surface area contributed by atoms with E-state index >= 15 is 0 Å². The van der Waals surface area contributed by atoms with Gasteiger partial charge in [0, 0.05) is 14.1 Å². The molecule has 0 bridgehead atoms. The maximum Gasteiger partial charge on any atom is 0.239 e. The molecule has 0 aromatic heterocycles. The van der Waals surface area contributed by atoms with Crippen molar-refractivity contribution >= 4 is 27.7 Å². The summed E-state index contributed by atoms with van der Waals surface area (Å²) in [6, 6.07) is 0. The molecule has 0 radical (unpaired) electrons. The fourth-order valence-corrected chi connectivity index (χ4v) is 1.12. The first-order chi connectivity index (χ1) is 5.79. The molecule has 0 aliphatic carbocycles. The van der Waals surface area contributed by atoms with Gasteiger partial charge in [0.2, 0.25) is 11.8 Å². The van der Waals surface area contributed by atoms with Gasteiger partial charge in [-0.2, -0.15) is 0 Å². The Kier molecular flexibility index (Phi) is 4.39. The van der Waals surface area contributed by atoms with Gasteiger partial charge in [0.25, 0.3) is 0 Å². The lowest BCUT2D eigenvalue weighted by molar-refractivity contribution is -0.135. The molecule has 5 heteroatoms. The molecule has 2 amide bonds. The largest absolute Gasteiger partial charge is 0.358 e. The van der Waals surface area contributed by atoms with Gasteiger partial charge in [-0.1, -0.05) is 15.9 Å². The lowest BCUT2D eigenvalue weighted by Crippen LogP contribution is -2.43. The predicted molar refractivity (Wildman–Crippen MR) is 54.7 cm³/mol. The molecule has 13 heavy (non-hydrogen) atoms. The fourth-order valence-electron chi connectivity index (χ4n) is 0.820. The number of likely N-dealkylation sites (N-methyl/N-ethyl adjacent to an activating group) is 2. The first-order valence-corrected chi connectivity index (χ1v) is 4.73. The summed E-state index contributed by atoms with van der Waals surface area (Å²) in [4.78, 5) is 23.8. The van der Waals surface area contributed by atoms with E-state index in [4.69, 9.17) is 0 Å². The van der Waals surface area contributed by atoms with Gasteiger partial charge in [0.05, 0.1) is 10.9 Å². The molecule has 0 saturated heterocycles. The molecular formula is C8H15BrN2O2. The van der Waals surface area contributed by atoms with Crippen LogP contribution in [0.3, 0.4) is 0 Å². The first-order valence-electron chi connectivity index (χ1n) is 3.94. The number of carbonyl (C=O) groups is 2. The zero-order valence-corrected chi connectivity index (χ0v) is 9.93. The molecule has 4 nitrogen and oxygen atoms in total. The SMILES string of the molecule is CNC(=O)CN(C)C(=O)C(C)(C)Br. The van der Waals surface area contributed by atoms with Gasteiger partial charge in [-0.3, -0.25) is 9.59 Å². The van der Waals surface area contributed by atoms with Crippen LogP contribution in [0.1, 0.15) is 13.8 Å². The van der Waals surface area contributed by atoms with E-state index in [1.807, 2.05) is 0 Å². The Morgan fingerprint density at radius 1 is 1.46 bits per heavy atom. The Labute approximate surface area is 86.8 Å². The molecule has 0 unspecified atom stereocenters. The molecule has 0 aromatic rings. The van der Waals surface area contributed by atoms with Crippen molar-refractivity contribution in [2.75, 3.05) is 20.6 Å². The number of carbonyl (C=O) groups excluding carboxylic acids is 2. The molecule has 0 aliphatic heterocycles. The number of rotatable bonds is 3. The van der Waals surface area contributed by atoms with Gasteiger partial charge in [-0.05, 0) is 13.8 Å². The number of hydrogen-bond donors (Lipinski definition) is 1. The van der Waals surface area contributed by atoms with E-state index in [0.717, 1.165) is 0 Å². The summed E-state index contributed by atoms with van der Waals surface area (Å²) in [5.74, 6) is -0.288. The Bertz CT molecular complexity index is 211. The minimum atomic E-state index is -0.615. The van der Waals surface area contributed by atoms with Gasteiger partial charge < -0.3 is 10.2 Å². The van der Waals surface area contributed by atoms with Crippen LogP contribution in [-0.2, 0) is 9.59 Å². The zero-order chi connectivity index (χ0) is 10.6. The van der Waals surface area contributed by atoms with Crippen molar-refractivity contribution in [2.45, 2.75) is 18.2 Å². The van der Waals surface area contributed by atoms with Crippen LogP contribution < -0.4 is 5.32 Å². The second kappa shape index (κ2) is 4.60. The summed E-state index contributed by atoms with van der Waals surface area (Å²) in [7, 11) is 3.14. The monoisotopic (exact) mass is 250 g/mol. The van der Waals surface area contributed by atoms with Crippen LogP contribution in [0, 0.1) is 0 Å². The van der Waals surface area contributed by atoms with Gasteiger partial charge in [-0.25, -0.2) is 0 Å². The molecule has 0 heterocycles. The number of alkyl halides is 1. The van der Waals surface area contributed by atoms with E-state index in [0.29, 0.717) is 0 Å². The summed E-state index contributed by atoms with van der Waals surface area (Å²) in [5.41, 5.74) is 0. The number of nitrogens with one attached hydrogen (secondary N) is 1. The van der Waals surface area contributed by atoms with Crippen molar-refractivity contribution < 1.29 is 9.59 Å². The average molecular weight is 251 g/mol. The Morgan fingerprint density at radius 2 is 1.92 bits per heavy atom. The summed E-state index contributed by atoms with van der Waals surface area (Å²) in [5, 5.41) is 2.45. The van der Waals surface area contributed by atoms with E-state index in [1.165, 1.54) is 4.90 Å². The molecule has 0 saturated carbocycles. The quantitative estimate of drug-likeness (QED) is 0.736. The van der Waals surface area contributed by atoms with Gasteiger partial charge >= 0.3 is 0 Å². The van der Waals surface area contributed by atoms with Gasteiger partial charge in [0.1, 0.15) is 0 Å². The smallest absolute Gasteiger partial charge is 0.239 e. The third-order valence-electron chi connectivity index (χ3n) is 1.51. The minimum absolute atomic E-state index is 0.0877. The maximum atomic E-state index is 11.5. The first kappa shape index (κ1) is 12.4. The van der Waals surface area contributed by atoms with Crippen molar-refractivity contribution in [1.29, 1.82) is 0 Å². The Morgan fingerprint density at radius 3 is 2.23 bits per heavy atom. The highest BCUT2D eigenvalue weighted by atomic mass is 79.9. The summed E-state index contributed by atoms with van der Waals surface area (Å²) in [6.07, 6.45) is 0. The van der Waals surface area contributed by atoms with E-state index in [-0.39, 0.29) is 18.4 Å². The van der Waals surface area contributed by atoms with E-state index in [9.17, 15) is 9.59 Å². The molecule has 0 spiro atoms. The van der Waals surface area contributed by atoms with Gasteiger partial charge in [0.15, 0.2) is 0 Å². The number of halogens is 1. The molecule has 0 aliphatic rings. The number of hydrogen-bond acceptors (Lipinski definition) is 2. The van der Waals surface area contributed by atoms with Crippen LogP contribution in [0.5, 0.6) is 0 Å². The second-order valence-electron chi connectivity index (χ2n) is 3.31. The standard InChI is InChI=1S/C8H15BrN2O2/c1-8(2,9)7(13)11(4)5-6(12)10-3/h5H2,1-4H3,(H,10,12). The van der Waals surface area contributed by atoms with Gasteiger partial charge in [-0.15, -0.1) is 0 Å². The Balaban J connectivity index is 4.20. The highest BCUT2D eigenvalue weighted by Crippen LogP contribution is 2.18. The number of amides is 2. The topological polar surface area (TPSA) is 49.4 Å². The van der Waals surface area contributed by atoms with E-state index < -0.39 is 4.32 Å². The molecule has 1 N–H and O–H groups in total. The van der Waals surface area contributed by atoms with Crippen molar-refractivity contribution in [3.63, 3.8) is 0 Å².